The molecule has 0 aliphatic heterocycles. The molecule has 1 aliphatic rings. The molecular formula is C18H27F3O4. The zero-order chi connectivity index (χ0) is 19.6. The number of rotatable bonds is 7. The topological polar surface area (TPSA) is 52.6 Å². The van der Waals surface area contributed by atoms with Gasteiger partial charge in [0.1, 0.15) is 0 Å². The normalized spacial score (nSPS) is 18.9. The Morgan fingerprint density at radius 2 is 1.40 bits per heavy atom. The summed E-state index contributed by atoms with van der Waals surface area (Å²) in [6.45, 7) is 9.78. The molecule has 1 rings (SSSR count). The van der Waals surface area contributed by atoms with Gasteiger partial charge in [-0.2, -0.15) is 13.2 Å². The average molecular weight is 364 g/mol. The predicted molar refractivity (Wildman–Crippen MR) is 86.6 cm³/mol. The molecule has 0 radical (unpaired) electrons. The van der Waals surface area contributed by atoms with Crippen LogP contribution in [0.15, 0.2) is 11.1 Å². The van der Waals surface area contributed by atoms with Gasteiger partial charge in [-0.1, -0.05) is 33.3 Å². The fourth-order valence-corrected chi connectivity index (χ4v) is 3.52. The second-order valence-corrected chi connectivity index (χ2v) is 6.85. The van der Waals surface area contributed by atoms with Gasteiger partial charge in [-0.05, 0) is 32.1 Å². The summed E-state index contributed by atoms with van der Waals surface area (Å²) < 4.78 is 51.4. The first-order valence-electron chi connectivity index (χ1n) is 8.60. The van der Waals surface area contributed by atoms with E-state index in [1.165, 1.54) is 0 Å². The molecule has 0 heterocycles. The SMILES string of the molecule is CCOC(=O)C1(C(=O)OCC)CC1C(=C(C(C)C)C(C)C)C(F)(F)F. The highest BCUT2D eigenvalue weighted by Gasteiger charge is 2.72. The largest absolute Gasteiger partial charge is 0.465 e. The van der Waals surface area contributed by atoms with Crippen molar-refractivity contribution in [3.63, 3.8) is 0 Å². The smallest absolute Gasteiger partial charge is 0.412 e. The summed E-state index contributed by atoms with van der Waals surface area (Å²) >= 11 is 0. The molecule has 0 bridgehead atoms. The van der Waals surface area contributed by atoms with Gasteiger partial charge in [-0.25, -0.2) is 0 Å². The number of hydrogen-bond acceptors (Lipinski definition) is 4. The first kappa shape index (κ1) is 21.5. The Morgan fingerprint density at radius 1 is 1.00 bits per heavy atom. The fraction of sp³-hybridized carbons (Fsp3) is 0.778. The molecule has 25 heavy (non-hydrogen) atoms. The Morgan fingerprint density at radius 3 is 1.68 bits per heavy atom. The third kappa shape index (κ3) is 4.18. The van der Waals surface area contributed by atoms with Gasteiger partial charge in [-0.3, -0.25) is 9.59 Å². The molecule has 1 aliphatic carbocycles. The summed E-state index contributed by atoms with van der Waals surface area (Å²) in [6.07, 6.45) is -4.86. The maximum atomic E-state index is 13.9. The van der Waals surface area contributed by atoms with Crippen LogP contribution in [-0.4, -0.2) is 31.3 Å². The highest BCUT2D eigenvalue weighted by molar-refractivity contribution is 6.04. The molecule has 0 aromatic rings. The van der Waals surface area contributed by atoms with Gasteiger partial charge in [0.15, 0.2) is 5.41 Å². The summed E-state index contributed by atoms with van der Waals surface area (Å²) in [7, 11) is 0. The lowest BCUT2D eigenvalue weighted by molar-refractivity contribution is -0.165. The molecule has 4 nitrogen and oxygen atoms in total. The molecule has 0 amide bonds. The molecule has 1 atom stereocenters. The molecule has 0 aromatic carbocycles. The molecule has 0 N–H and O–H groups in total. The van der Waals surface area contributed by atoms with E-state index in [4.69, 9.17) is 9.47 Å². The number of carbonyl (C=O) groups is 2. The molecule has 1 unspecified atom stereocenters. The van der Waals surface area contributed by atoms with Gasteiger partial charge in [0.05, 0.1) is 13.2 Å². The van der Waals surface area contributed by atoms with Crippen LogP contribution in [0.2, 0.25) is 0 Å². The number of ether oxygens (including phenoxy) is 2. The Hall–Kier alpha value is -1.53. The van der Waals surface area contributed by atoms with E-state index in [9.17, 15) is 22.8 Å². The van der Waals surface area contributed by atoms with Crippen LogP contribution in [0.1, 0.15) is 48.0 Å². The van der Waals surface area contributed by atoms with Gasteiger partial charge in [0.25, 0.3) is 0 Å². The van der Waals surface area contributed by atoms with Crippen molar-refractivity contribution in [2.24, 2.45) is 23.2 Å². The minimum Gasteiger partial charge on any atom is -0.465 e. The van der Waals surface area contributed by atoms with E-state index in [0.717, 1.165) is 0 Å². The van der Waals surface area contributed by atoms with Gasteiger partial charge in [0.2, 0.25) is 0 Å². The molecular weight excluding hydrogens is 337 g/mol. The van der Waals surface area contributed by atoms with Crippen LogP contribution in [0, 0.1) is 23.2 Å². The lowest BCUT2D eigenvalue weighted by Crippen LogP contribution is -2.34. The van der Waals surface area contributed by atoms with Crippen LogP contribution in [0.25, 0.3) is 0 Å². The first-order chi connectivity index (χ1) is 11.4. The van der Waals surface area contributed by atoms with E-state index in [1.54, 1.807) is 41.5 Å². The number of carbonyl (C=O) groups excluding carboxylic acids is 2. The lowest BCUT2D eigenvalue weighted by atomic mass is 9.84. The third-order valence-corrected chi connectivity index (χ3v) is 4.45. The third-order valence-electron chi connectivity index (χ3n) is 4.45. The van der Waals surface area contributed by atoms with Crippen LogP contribution in [0.4, 0.5) is 13.2 Å². The number of halogens is 3. The molecule has 1 saturated carbocycles. The lowest BCUT2D eigenvalue weighted by Gasteiger charge is -2.25. The number of allylic oxidation sites excluding steroid dienone is 2. The van der Waals surface area contributed by atoms with E-state index in [0.29, 0.717) is 0 Å². The van der Waals surface area contributed by atoms with Crippen molar-refractivity contribution in [1.82, 2.24) is 0 Å². The van der Waals surface area contributed by atoms with Crippen LogP contribution >= 0.6 is 0 Å². The van der Waals surface area contributed by atoms with Gasteiger partial charge in [-0.15, -0.1) is 0 Å². The number of alkyl halides is 3. The van der Waals surface area contributed by atoms with Crippen LogP contribution < -0.4 is 0 Å². The Balaban J connectivity index is 3.49. The monoisotopic (exact) mass is 364 g/mol. The second-order valence-electron chi connectivity index (χ2n) is 6.85. The Labute approximate surface area is 146 Å². The molecule has 0 aromatic heterocycles. The van der Waals surface area contributed by atoms with Crippen molar-refractivity contribution >= 4 is 11.9 Å². The first-order valence-corrected chi connectivity index (χ1v) is 8.60. The van der Waals surface area contributed by atoms with Crippen LogP contribution in [-0.2, 0) is 19.1 Å². The molecule has 1 fully saturated rings. The highest BCUT2D eigenvalue weighted by Crippen LogP contribution is 2.62. The summed E-state index contributed by atoms with van der Waals surface area (Å²) in [6, 6.07) is 0. The minimum atomic E-state index is -4.63. The standard InChI is InChI=1S/C18H27F3O4/c1-7-24-15(22)17(16(23)25-8-2)9-12(17)14(18(19,20)21)13(10(3)4)11(5)6/h10-12H,7-9H2,1-6H3. The summed E-state index contributed by atoms with van der Waals surface area (Å²) in [4.78, 5) is 24.7. The Bertz CT molecular complexity index is 519. The van der Waals surface area contributed by atoms with E-state index in [1.807, 2.05) is 0 Å². The highest BCUT2D eigenvalue weighted by atomic mass is 19.4. The van der Waals surface area contributed by atoms with Crippen molar-refractivity contribution in [2.45, 2.75) is 54.1 Å². The van der Waals surface area contributed by atoms with Crippen molar-refractivity contribution in [2.75, 3.05) is 13.2 Å². The van der Waals surface area contributed by atoms with E-state index < -0.39 is 35.0 Å². The summed E-state index contributed by atoms with van der Waals surface area (Å²) in [5.41, 5.74) is -2.45. The molecule has 144 valence electrons. The van der Waals surface area contributed by atoms with Gasteiger partial charge >= 0.3 is 18.1 Å². The van der Waals surface area contributed by atoms with Crippen LogP contribution in [0.5, 0.6) is 0 Å². The van der Waals surface area contributed by atoms with Crippen molar-refractivity contribution in [1.29, 1.82) is 0 Å². The molecule has 7 heteroatoms. The summed E-state index contributed by atoms with van der Waals surface area (Å²) in [5, 5.41) is 0. The van der Waals surface area contributed by atoms with Gasteiger partial charge in [0, 0.05) is 11.5 Å². The quantitative estimate of drug-likeness (QED) is 0.384. The van der Waals surface area contributed by atoms with Crippen molar-refractivity contribution in [3.8, 4) is 0 Å². The fourth-order valence-electron chi connectivity index (χ4n) is 3.52. The maximum Gasteiger partial charge on any atom is 0.412 e. The molecule has 0 spiro atoms. The second kappa shape index (κ2) is 7.79. The van der Waals surface area contributed by atoms with Crippen LogP contribution in [0.3, 0.4) is 0 Å². The zero-order valence-electron chi connectivity index (χ0n) is 15.6. The van der Waals surface area contributed by atoms with E-state index >= 15 is 0 Å². The summed E-state index contributed by atoms with van der Waals surface area (Å²) in [5.74, 6) is -3.86. The Kier molecular flexibility index (Phi) is 6.70. The predicted octanol–water partition coefficient (Wildman–Crippen LogP) is 4.29. The van der Waals surface area contributed by atoms with E-state index in [2.05, 4.69) is 0 Å². The number of hydrogen-bond donors (Lipinski definition) is 0. The zero-order valence-corrected chi connectivity index (χ0v) is 15.6. The van der Waals surface area contributed by atoms with Crippen molar-refractivity contribution in [3.05, 3.63) is 11.1 Å². The van der Waals surface area contributed by atoms with Gasteiger partial charge < -0.3 is 9.47 Å². The van der Waals surface area contributed by atoms with E-state index in [-0.39, 0.29) is 37.0 Å². The average Bonchev–Trinajstić information content (AvgIpc) is 3.19. The van der Waals surface area contributed by atoms with Crippen molar-refractivity contribution < 1.29 is 32.2 Å². The molecule has 0 saturated heterocycles. The number of esters is 2. The maximum absolute atomic E-state index is 13.9. The minimum absolute atomic E-state index is 0.0149.